The first-order valence-electron chi connectivity index (χ1n) is 11.5. The summed E-state index contributed by atoms with van der Waals surface area (Å²) in [5, 5.41) is 18.1. The zero-order chi connectivity index (χ0) is 20.4. The molecule has 0 bridgehead atoms. The first-order valence-corrected chi connectivity index (χ1v) is 11.5. The van der Waals surface area contributed by atoms with Crippen molar-refractivity contribution in [3.63, 3.8) is 0 Å². The van der Waals surface area contributed by atoms with Crippen molar-refractivity contribution in [1.29, 1.82) is 0 Å². The summed E-state index contributed by atoms with van der Waals surface area (Å²) in [7, 11) is 0. The third-order valence-corrected chi connectivity index (χ3v) is 7.05. The molecule has 0 aromatic carbocycles. The van der Waals surface area contributed by atoms with Gasteiger partial charge in [-0.25, -0.2) is 0 Å². The van der Waals surface area contributed by atoms with Gasteiger partial charge in [-0.05, 0) is 56.3 Å². The van der Waals surface area contributed by atoms with Gasteiger partial charge < -0.3 is 10.2 Å². The van der Waals surface area contributed by atoms with E-state index >= 15 is 0 Å². The molecule has 2 N–H and O–H groups in total. The van der Waals surface area contributed by atoms with Crippen LogP contribution in [-0.2, 0) is 9.59 Å². The number of allylic oxidation sites excluding steroid dienone is 2. The number of carbonyl (C=O) groups is 2. The highest BCUT2D eigenvalue weighted by Gasteiger charge is 2.36. The van der Waals surface area contributed by atoms with E-state index in [0.29, 0.717) is 30.0 Å². The number of Topliss-reactive ketones (excluding diaryl/α,β-unsaturated/α-hetero) is 2. The Morgan fingerprint density at radius 3 is 2.68 bits per heavy atom. The lowest BCUT2D eigenvalue weighted by atomic mass is 9.64. The maximum atomic E-state index is 12.3. The van der Waals surface area contributed by atoms with Gasteiger partial charge in [-0.15, -0.1) is 0 Å². The van der Waals surface area contributed by atoms with Gasteiger partial charge in [-0.3, -0.25) is 9.59 Å². The SMILES string of the molecule is CCCCC1(CC=C[C@H]2CCC(=O)[C@@H]2CCCCCC(=O)C(O)CO)CCC1. The van der Waals surface area contributed by atoms with Crippen LogP contribution >= 0.6 is 0 Å². The van der Waals surface area contributed by atoms with Gasteiger partial charge in [-0.1, -0.05) is 51.2 Å². The van der Waals surface area contributed by atoms with Crippen molar-refractivity contribution >= 4 is 11.6 Å². The summed E-state index contributed by atoms with van der Waals surface area (Å²) in [6, 6.07) is 0. The molecule has 4 heteroatoms. The molecule has 2 aliphatic rings. The second-order valence-electron chi connectivity index (χ2n) is 9.13. The predicted octanol–water partition coefficient (Wildman–Crippen LogP) is 4.76. The lowest BCUT2D eigenvalue weighted by molar-refractivity contribution is -0.129. The molecule has 0 aliphatic heterocycles. The Hall–Kier alpha value is -1.00. The second-order valence-corrected chi connectivity index (χ2v) is 9.13. The summed E-state index contributed by atoms with van der Waals surface area (Å²) in [6.07, 6.45) is 18.2. The van der Waals surface area contributed by atoms with Gasteiger partial charge in [0, 0.05) is 18.8 Å². The van der Waals surface area contributed by atoms with E-state index in [1.807, 2.05) is 0 Å². The molecule has 2 rings (SSSR count). The van der Waals surface area contributed by atoms with Gasteiger partial charge in [0.1, 0.15) is 11.9 Å². The van der Waals surface area contributed by atoms with Gasteiger partial charge in [0.25, 0.3) is 0 Å². The minimum Gasteiger partial charge on any atom is -0.393 e. The maximum absolute atomic E-state index is 12.3. The van der Waals surface area contributed by atoms with E-state index in [0.717, 1.165) is 32.1 Å². The first-order chi connectivity index (χ1) is 13.5. The molecule has 0 radical (unpaired) electrons. The van der Waals surface area contributed by atoms with Crippen LogP contribution in [0, 0.1) is 17.3 Å². The average Bonchev–Trinajstić information content (AvgIpc) is 3.01. The van der Waals surface area contributed by atoms with E-state index in [-0.39, 0.29) is 11.7 Å². The summed E-state index contributed by atoms with van der Waals surface area (Å²) < 4.78 is 0. The standard InChI is InChI=1S/C24H40O4/c1-2-3-14-24(16-8-17-24)15-7-9-19-12-13-21(26)20(19)10-5-4-6-11-22(27)23(28)18-25/h7,9,19-20,23,25,28H,2-6,8,10-18H2,1H3/t19-,20+,23?/m0/s1. The minimum atomic E-state index is -1.23. The first kappa shape index (κ1) is 23.3. The van der Waals surface area contributed by atoms with Crippen LogP contribution in [-0.4, -0.2) is 34.5 Å². The molecule has 0 spiro atoms. The van der Waals surface area contributed by atoms with Crippen LogP contribution in [0.5, 0.6) is 0 Å². The van der Waals surface area contributed by atoms with Crippen molar-refractivity contribution in [2.24, 2.45) is 17.3 Å². The number of hydrogen-bond acceptors (Lipinski definition) is 4. The fourth-order valence-corrected chi connectivity index (χ4v) is 4.93. The van der Waals surface area contributed by atoms with E-state index in [1.165, 1.54) is 44.9 Å². The summed E-state index contributed by atoms with van der Waals surface area (Å²) >= 11 is 0. The summed E-state index contributed by atoms with van der Waals surface area (Å²) in [5.41, 5.74) is 0.552. The van der Waals surface area contributed by atoms with Crippen molar-refractivity contribution in [2.45, 2.75) is 103 Å². The Bertz CT molecular complexity index is 521. The fraction of sp³-hybridized carbons (Fsp3) is 0.833. The van der Waals surface area contributed by atoms with Gasteiger partial charge in [-0.2, -0.15) is 0 Å². The highest BCUT2D eigenvalue weighted by Crippen LogP contribution is 2.48. The molecule has 1 unspecified atom stereocenters. The van der Waals surface area contributed by atoms with Crippen molar-refractivity contribution in [3.8, 4) is 0 Å². The topological polar surface area (TPSA) is 74.6 Å². The van der Waals surface area contributed by atoms with Crippen molar-refractivity contribution in [3.05, 3.63) is 12.2 Å². The number of unbranched alkanes of at least 4 members (excludes halogenated alkanes) is 3. The normalized spacial score (nSPS) is 25.2. The molecule has 0 aromatic rings. The summed E-state index contributed by atoms with van der Waals surface area (Å²) in [6.45, 7) is 1.77. The van der Waals surface area contributed by atoms with Crippen molar-refractivity contribution in [1.82, 2.24) is 0 Å². The number of aliphatic hydroxyl groups excluding tert-OH is 2. The van der Waals surface area contributed by atoms with Crippen molar-refractivity contribution < 1.29 is 19.8 Å². The lowest BCUT2D eigenvalue weighted by Crippen LogP contribution is -2.28. The van der Waals surface area contributed by atoms with Crippen LogP contribution in [0.4, 0.5) is 0 Å². The molecule has 0 saturated heterocycles. The number of ketones is 2. The Kier molecular flexibility index (Phi) is 9.87. The van der Waals surface area contributed by atoms with E-state index in [1.54, 1.807) is 0 Å². The van der Waals surface area contributed by atoms with Gasteiger partial charge in [0.05, 0.1) is 6.61 Å². The lowest BCUT2D eigenvalue weighted by Gasteiger charge is -2.41. The van der Waals surface area contributed by atoms with Crippen LogP contribution in [0.3, 0.4) is 0 Å². The average molecular weight is 393 g/mol. The van der Waals surface area contributed by atoms with Crippen LogP contribution in [0.2, 0.25) is 0 Å². The molecule has 2 saturated carbocycles. The molecular formula is C24H40O4. The zero-order valence-electron chi connectivity index (χ0n) is 17.7. The molecule has 28 heavy (non-hydrogen) atoms. The van der Waals surface area contributed by atoms with Crippen LogP contribution < -0.4 is 0 Å². The van der Waals surface area contributed by atoms with Gasteiger partial charge in [0.15, 0.2) is 5.78 Å². The Labute approximate surface area is 170 Å². The largest absolute Gasteiger partial charge is 0.393 e. The quantitative estimate of drug-likeness (QED) is 0.330. The Morgan fingerprint density at radius 2 is 2.04 bits per heavy atom. The minimum absolute atomic E-state index is 0.156. The molecule has 0 heterocycles. The summed E-state index contributed by atoms with van der Waals surface area (Å²) in [4.78, 5) is 23.8. The smallest absolute Gasteiger partial charge is 0.163 e. The fourth-order valence-electron chi connectivity index (χ4n) is 4.93. The van der Waals surface area contributed by atoms with Crippen LogP contribution in [0.25, 0.3) is 0 Å². The molecule has 3 atom stereocenters. The molecular weight excluding hydrogens is 352 g/mol. The van der Waals surface area contributed by atoms with Gasteiger partial charge in [0.2, 0.25) is 0 Å². The zero-order valence-corrected chi connectivity index (χ0v) is 17.7. The van der Waals surface area contributed by atoms with Crippen molar-refractivity contribution in [2.75, 3.05) is 6.61 Å². The third-order valence-electron chi connectivity index (χ3n) is 7.05. The molecule has 160 valence electrons. The number of carbonyl (C=O) groups excluding carboxylic acids is 2. The maximum Gasteiger partial charge on any atom is 0.163 e. The molecule has 4 nitrogen and oxygen atoms in total. The Morgan fingerprint density at radius 1 is 1.25 bits per heavy atom. The molecule has 2 fully saturated rings. The second kappa shape index (κ2) is 11.9. The highest BCUT2D eigenvalue weighted by atomic mass is 16.3. The number of hydrogen-bond donors (Lipinski definition) is 2. The molecule has 0 amide bonds. The van der Waals surface area contributed by atoms with Gasteiger partial charge >= 0.3 is 0 Å². The molecule has 2 aliphatic carbocycles. The third kappa shape index (κ3) is 6.81. The van der Waals surface area contributed by atoms with E-state index in [2.05, 4.69) is 19.1 Å². The van der Waals surface area contributed by atoms with E-state index in [9.17, 15) is 14.7 Å². The predicted molar refractivity (Wildman–Crippen MR) is 112 cm³/mol. The van der Waals surface area contributed by atoms with E-state index in [4.69, 9.17) is 5.11 Å². The summed E-state index contributed by atoms with van der Waals surface area (Å²) in [5.74, 6) is 0.677. The van der Waals surface area contributed by atoms with E-state index < -0.39 is 12.7 Å². The van der Waals surface area contributed by atoms with Crippen LogP contribution in [0.15, 0.2) is 12.2 Å². The number of rotatable bonds is 14. The number of aliphatic hydroxyl groups is 2. The monoisotopic (exact) mass is 392 g/mol. The molecule has 0 aromatic heterocycles. The van der Waals surface area contributed by atoms with Crippen LogP contribution in [0.1, 0.15) is 96.8 Å². The highest BCUT2D eigenvalue weighted by molar-refractivity contribution is 5.83. The Balaban J connectivity index is 1.71.